The van der Waals surface area contributed by atoms with Gasteiger partial charge in [-0.2, -0.15) is 0 Å². The molecule has 1 fully saturated rings. The van der Waals surface area contributed by atoms with Gasteiger partial charge in [0.1, 0.15) is 0 Å². The third kappa shape index (κ3) is 13.2. The molecule has 0 aromatic heterocycles. The fourth-order valence-corrected chi connectivity index (χ4v) is 3.23. The first-order chi connectivity index (χ1) is 14.0. The Hall–Kier alpha value is -1.70. The summed E-state index contributed by atoms with van der Waals surface area (Å²) in [5.74, 6) is 0. The summed E-state index contributed by atoms with van der Waals surface area (Å²) in [5.41, 5.74) is 6.89. The van der Waals surface area contributed by atoms with Gasteiger partial charge in [-0.15, -0.1) is 0 Å². The first kappa shape index (κ1) is 27.3. The smallest absolute Gasteiger partial charge is 0.0340 e. The molecule has 1 aliphatic carbocycles. The van der Waals surface area contributed by atoms with Gasteiger partial charge in [0.2, 0.25) is 0 Å². The molecule has 0 radical (unpaired) electrons. The number of hydrogen-bond donors (Lipinski definition) is 2. The van der Waals surface area contributed by atoms with E-state index in [1.807, 2.05) is 0 Å². The van der Waals surface area contributed by atoms with E-state index in [1.165, 1.54) is 92.3 Å². The van der Waals surface area contributed by atoms with E-state index in [9.17, 15) is 0 Å². The molecule has 0 heterocycles. The van der Waals surface area contributed by atoms with Gasteiger partial charge in [-0.1, -0.05) is 76.8 Å². The Balaban J connectivity index is 0.000000493. The van der Waals surface area contributed by atoms with Gasteiger partial charge in [-0.25, -0.2) is 0 Å². The van der Waals surface area contributed by atoms with E-state index < -0.39 is 0 Å². The molecule has 166 valence electrons. The van der Waals surface area contributed by atoms with Crippen molar-refractivity contribution in [3.8, 4) is 0 Å². The van der Waals surface area contributed by atoms with Crippen LogP contribution >= 0.6 is 0 Å². The second kappa shape index (κ2) is 18.3. The maximum absolute atomic E-state index is 4.23. The summed E-state index contributed by atoms with van der Waals surface area (Å²) in [5, 5.41) is 6.71. The zero-order valence-electron chi connectivity index (χ0n) is 20.3. The molecule has 2 N–H and O–H groups in total. The van der Waals surface area contributed by atoms with Crippen molar-refractivity contribution in [3.05, 3.63) is 53.3 Å². The van der Waals surface area contributed by atoms with E-state index in [0.717, 1.165) is 6.54 Å². The van der Waals surface area contributed by atoms with E-state index in [-0.39, 0.29) is 0 Å². The van der Waals surface area contributed by atoms with Crippen LogP contribution in [0.15, 0.2) is 47.7 Å². The Labute approximate surface area is 182 Å². The lowest BCUT2D eigenvalue weighted by Crippen LogP contribution is -2.10. The van der Waals surface area contributed by atoms with Gasteiger partial charge < -0.3 is 10.6 Å². The molecule has 0 spiro atoms. The highest BCUT2D eigenvalue weighted by molar-refractivity contribution is 5.44. The highest BCUT2D eigenvalue weighted by Gasteiger charge is 2.12. The molecule has 0 amide bonds. The third-order valence-corrected chi connectivity index (χ3v) is 4.91. The van der Waals surface area contributed by atoms with Gasteiger partial charge in [0.25, 0.3) is 0 Å². The van der Waals surface area contributed by atoms with Crippen LogP contribution in [0.1, 0.15) is 97.5 Å². The standard InChI is InChI=1S/C14H25N.C10H15N.C3H8/c1-4-5-11-14(15-3)13-10-8-6-7-9-12(13)2;1-3-8-11-10-6-4-9(2)5-7-10;1-3-2/h15H,2,4-11H2,1,3H3;4-7,11H,3,8H2,1-2H3;3H2,1-2H3/b14-13-;;. The zero-order chi connectivity index (χ0) is 21.9. The molecule has 2 nitrogen and oxygen atoms in total. The highest BCUT2D eigenvalue weighted by atomic mass is 14.9. The van der Waals surface area contributed by atoms with Crippen molar-refractivity contribution in [2.75, 3.05) is 18.9 Å². The monoisotopic (exact) mass is 400 g/mol. The minimum atomic E-state index is 1.06. The normalized spacial score (nSPS) is 15.2. The minimum absolute atomic E-state index is 1.06. The summed E-state index contributed by atoms with van der Waals surface area (Å²) >= 11 is 0. The Morgan fingerprint density at radius 2 is 1.55 bits per heavy atom. The molecule has 0 bridgehead atoms. The molecule has 1 aromatic carbocycles. The van der Waals surface area contributed by atoms with Gasteiger partial charge in [0, 0.05) is 25.0 Å². The molecular formula is C27H48N2. The molecule has 1 aromatic rings. The third-order valence-electron chi connectivity index (χ3n) is 4.91. The van der Waals surface area contributed by atoms with Crippen molar-refractivity contribution in [1.82, 2.24) is 5.32 Å². The van der Waals surface area contributed by atoms with E-state index >= 15 is 0 Å². The van der Waals surface area contributed by atoms with Crippen molar-refractivity contribution < 1.29 is 0 Å². The first-order valence-corrected chi connectivity index (χ1v) is 11.9. The van der Waals surface area contributed by atoms with Gasteiger partial charge in [-0.3, -0.25) is 0 Å². The number of allylic oxidation sites excluding steroid dienone is 3. The SMILES string of the molecule is C=C1CCCCC/C1=C(\CCCC)NC.CCC.CCCNc1ccc(C)cc1. The van der Waals surface area contributed by atoms with Crippen molar-refractivity contribution in [2.24, 2.45) is 0 Å². The van der Waals surface area contributed by atoms with Crippen LogP contribution in [-0.2, 0) is 0 Å². The number of nitrogens with one attached hydrogen (secondary N) is 2. The number of anilines is 1. The molecule has 0 atom stereocenters. The first-order valence-electron chi connectivity index (χ1n) is 11.9. The lowest BCUT2D eigenvalue weighted by molar-refractivity contribution is 0.705. The predicted octanol–water partition coefficient (Wildman–Crippen LogP) is 8.40. The molecule has 1 aliphatic rings. The maximum Gasteiger partial charge on any atom is 0.0340 e. The largest absolute Gasteiger partial charge is 0.391 e. The molecule has 2 heteroatoms. The second-order valence-electron chi connectivity index (χ2n) is 7.97. The van der Waals surface area contributed by atoms with Crippen LogP contribution in [0.25, 0.3) is 0 Å². The summed E-state index contributed by atoms with van der Waals surface area (Å²) in [6.07, 6.45) is 12.6. The van der Waals surface area contributed by atoms with Crippen LogP contribution in [0.5, 0.6) is 0 Å². The fourth-order valence-electron chi connectivity index (χ4n) is 3.23. The molecule has 1 saturated carbocycles. The van der Waals surface area contributed by atoms with Gasteiger partial charge >= 0.3 is 0 Å². The number of unbranched alkanes of at least 4 members (excludes halogenated alkanes) is 1. The van der Waals surface area contributed by atoms with Crippen LogP contribution < -0.4 is 10.6 Å². The van der Waals surface area contributed by atoms with Crippen LogP contribution in [0.4, 0.5) is 5.69 Å². The van der Waals surface area contributed by atoms with Gasteiger partial charge in [0.15, 0.2) is 0 Å². The van der Waals surface area contributed by atoms with Crippen LogP contribution in [-0.4, -0.2) is 13.6 Å². The number of benzene rings is 1. The van der Waals surface area contributed by atoms with Crippen molar-refractivity contribution in [1.29, 1.82) is 0 Å². The van der Waals surface area contributed by atoms with Crippen molar-refractivity contribution >= 4 is 5.69 Å². The minimum Gasteiger partial charge on any atom is -0.391 e. The highest BCUT2D eigenvalue weighted by Crippen LogP contribution is 2.29. The predicted molar refractivity (Wildman–Crippen MR) is 134 cm³/mol. The topological polar surface area (TPSA) is 24.1 Å². The molecule has 29 heavy (non-hydrogen) atoms. The van der Waals surface area contributed by atoms with Crippen molar-refractivity contribution in [3.63, 3.8) is 0 Å². The number of aryl methyl sites for hydroxylation is 1. The summed E-state index contributed by atoms with van der Waals surface area (Å²) in [7, 11) is 2.05. The van der Waals surface area contributed by atoms with Crippen LogP contribution in [0.3, 0.4) is 0 Å². The lowest BCUT2D eigenvalue weighted by atomic mass is 9.98. The lowest BCUT2D eigenvalue weighted by Gasteiger charge is -2.15. The summed E-state index contributed by atoms with van der Waals surface area (Å²) in [4.78, 5) is 0. The number of rotatable bonds is 7. The Bertz CT molecular complexity index is 554. The second-order valence-corrected chi connectivity index (χ2v) is 7.97. The molecule has 0 aliphatic heterocycles. The molecule has 2 rings (SSSR count). The zero-order valence-corrected chi connectivity index (χ0v) is 20.3. The van der Waals surface area contributed by atoms with Gasteiger partial charge in [0.05, 0.1) is 0 Å². The molecular weight excluding hydrogens is 352 g/mol. The van der Waals surface area contributed by atoms with Crippen LogP contribution in [0, 0.1) is 6.92 Å². The van der Waals surface area contributed by atoms with Gasteiger partial charge in [-0.05, 0) is 69.6 Å². The van der Waals surface area contributed by atoms with E-state index in [4.69, 9.17) is 0 Å². The summed E-state index contributed by atoms with van der Waals surface area (Å²) < 4.78 is 0. The Morgan fingerprint density at radius 1 is 0.931 bits per heavy atom. The van der Waals surface area contributed by atoms with Crippen molar-refractivity contribution in [2.45, 2.75) is 98.8 Å². The summed E-state index contributed by atoms with van der Waals surface area (Å²) in [6.45, 7) is 16.1. The fraction of sp³-hybridized carbons (Fsp3) is 0.630. The van der Waals surface area contributed by atoms with Crippen LogP contribution in [0.2, 0.25) is 0 Å². The van der Waals surface area contributed by atoms with E-state index in [0.29, 0.717) is 0 Å². The number of hydrogen-bond acceptors (Lipinski definition) is 2. The average molecular weight is 401 g/mol. The van der Waals surface area contributed by atoms with E-state index in [2.05, 4.69) is 83.1 Å². The average Bonchev–Trinajstić information content (AvgIpc) is 2.94. The maximum atomic E-state index is 4.23. The Morgan fingerprint density at radius 3 is 2.10 bits per heavy atom. The molecule has 0 unspecified atom stereocenters. The Kier molecular flexibility index (Phi) is 17.3. The van der Waals surface area contributed by atoms with E-state index in [1.54, 1.807) is 0 Å². The molecule has 0 saturated heterocycles. The summed E-state index contributed by atoms with van der Waals surface area (Å²) in [6, 6.07) is 8.48. The quantitative estimate of drug-likeness (QED) is 0.449.